The highest BCUT2D eigenvalue weighted by atomic mass is 16.7. The lowest BCUT2D eigenvalue weighted by atomic mass is 9.93. The Morgan fingerprint density at radius 2 is 1.81 bits per heavy atom. The van der Waals surface area contributed by atoms with Crippen molar-refractivity contribution in [2.75, 3.05) is 13.2 Å². The predicted octanol–water partition coefficient (Wildman–Crippen LogP) is -4.90. The van der Waals surface area contributed by atoms with Crippen molar-refractivity contribution in [3.63, 3.8) is 0 Å². The van der Waals surface area contributed by atoms with Gasteiger partial charge in [-0.15, -0.1) is 0 Å². The summed E-state index contributed by atoms with van der Waals surface area (Å²) in [6.07, 6.45) is -11.8. The van der Waals surface area contributed by atoms with Gasteiger partial charge >= 0.3 is 0 Å². The molecule has 0 aromatic carbocycles. The molecule has 0 aliphatic carbocycles. The minimum Gasteiger partial charge on any atom is -0.394 e. The molecule has 0 saturated carbocycles. The van der Waals surface area contributed by atoms with Crippen LogP contribution in [0.2, 0.25) is 0 Å². The van der Waals surface area contributed by atoms with Crippen LogP contribution in [-0.2, 0) is 19.0 Å². The SMILES string of the molecule is CC(=O)N[C@]1(O)C(O)O[C@H](CO[C@H]2C[C@@H](O)[C@@H](O)[C@@H](CO)O2)[C@@H](O)[C@@H]1O. The smallest absolute Gasteiger partial charge is 0.219 e. The van der Waals surface area contributed by atoms with Crippen molar-refractivity contribution < 1.29 is 54.8 Å². The number of hydrogen-bond donors (Lipinski definition) is 8. The Bertz CT molecular complexity index is 494. The van der Waals surface area contributed by atoms with Crippen molar-refractivity contribution in [2.45, 2.75) is 68.3 Å². The standard InChI is InChI=1S/C14H25NO11/c1-5(17)15-14(23)12(21)11(20)8(26-13(14)22)4-24-9-2-6(18)10(19)7(3-16)25-9/h6-13,16,18-23H,2-4H2,1H3,(H,15,17)/t6-,7-,8-,9-,10-,11-,12+,13?,14-/m1/s1. The number of aliphatic hydroxyl groups is 7. The first-order valence-electron chi connectivity index (χ1n) is 8.05. The van der Waals surface area contributed by atoms with Crippen LogP contribution in [0, 0.1) is 0 Å². The Hall–Kier alpha value is -0.930. The van der Waals surface area contributed by atoms with E-state index in [1.807, 2.05) is 5.32 Å². The van der Waals surface area contributed by atoms with E-state index < -0.39 is 74.0 Å². The van der Waals surface area contributed by atoms with Gasteiger partial charge in [0, 0.05) is 13.3 Å². The van der Waals surface area contributed by atoms with Crippen molar-refractivity contribution in [2.24, 2.45) is 0 Å². The van der Waals surface area contributed by atoms with Gasteiger partial charge in [0.05, 0.1) is 19.3 Å². The maximum Gasteiger partial charge on any atom is 0.219 e. The van der Waals surface area contributed by atoms with E-state index in [-0.39, 0.29) is 6.42 Å². The molecule has 2 fully saturated rings. The van der Waals surface area contributed by atoms with Gasteiger partial charge in [0.2, 0.25) is 17.9 Å². The zero-order valence-electron chi connectivity index (χ0n) is 14.0. The van der Waals surface area contributed by atoms with Gasteiger partial charge < -0.3 is 55.3 Å². The van der Waals surface area contributed by atoms with Crippen LogP contribution >= 0.6 is 0 Å². The normalized spacial score (nSPS) is 46.8. The summed E-state index contributed by atoms with van der Waals surface area (Å²) in [4.78, 5) is 11.1. The summed E-state index contributed by atoms with van der Waals surface area (Å²) in [6.45, 7) is 0.0651. The third kappa shape index (κ3) is 4.31. The number of carbonyl (C=O) groups is 1. The molecule has 2 saturated heterocycles. The monoisotopic (exact) mass is 383 g/mol. The lowest BCUT2D eigenvalue weighted by Crippen LogP contribution is -2.73. The highest BCUT2D eigenvalue weighted by molar-refractivity contribution is 5.73. The van der Waals surface area contributed by atoms with Gasteiger partial charge in [0.15, 0.2) is 6.29 Å². The van der Waals surface area contributed by atoms with E-state index in [1.165, 1.54) is 0 Å². The van der Waals surface area contributed by atoms with Gasteiger partial charge in [0.1, 0.15) is 30.5 Å². The fourth-order valence-electron chi connectivity index (χ4n) is 2.89. The van der Waals surface area contributed by atoms with Crippen LogP contribution in [0.4, 0.5) is 0 Å². The third-order valence-electron chi connectivity index (χ3n) is 4.37. The van der Waals surface area contributed by atoms with E-state index >= 15 is 0 Å². The first-order valence-corrected chi connectivity index (χ1v) is 8.05. The van der Waals surface area contributed by atoms with Gasteiger partial charge in [-0.05, 0) is 0 Å². The third-order valence-corrected chi connectivity index (χ3v) is 4.37. The largest absolute Gasteiger partial charge is 0.394 e. The average Bonchev–Trinajstić information content (AvgIpc) is 2.57. The number of aliphatic hydroxyl groups excluding tert-OH is 6. The van der Waals surface area contributed by atoms with Crippen molar-refractivity contribution in [1.82, 2.24) is 5.32 Å². The van der Waals surface area contributed by atoms with Crippen LogP contribution in [0.15, 0.2) is 0 Å². The molecule has 12 nitrogen and oxygen atoms in total. The van der Waals surface area contributed by atoms with Crippen LogP contribution < -0.4 is 5.32 Å². The van der Waals surface area contributed by atoms with Crippen molar-refractivity contribution in [3.8, 4) is 0 Å². The lowest BCUT2D eigenvalue weighted by molar-refractivity contribution is -0.344. The minimum absolute atomic E-state index is 0.124. The van der Waals surface area contributed by atoms with E-state index in [2.05, 4.69) is 0 Å². The number of amides is 1. The molecule has 0 aromatic heterocycles. The number of carbonyl (C=O) groups excluding carboxylic acids is 1. The van der Waals surface area contributed by atoms with Gasteiger partial charge in [-0.3, -0.25) is 4.79 Å². The van der Waals surface area contributed by atoms with Crippen LogP contribution in [0.3, 0.4) is 0 Å². The van der Waals surface area contributed by atoms with Gasteiger partial charge in [-0.2, -0.15) is 0 Å². The van der Waals surface area contributed by atoms with E-state index in [0.29, 0.717) is 0 Å². The fraction of sp³-hybridized carbons (Fsp3) is 0.929. The van der Waals surface area contributed by atoms with Crippen LogP contribution in [-0.4, -0.2) is 110 Å². The van der Waals surface area contributed by atoms with Crippen molar-refractivity contribution in [3.05, 3.63) is 0 Å². The molecule has 2 heterocycles. The highest BCUT2D eigenvalue weighted by Crippen LogP contribution is 2.28. The molecule has 0 radical (unpaired) electrons. The van der Waals surface area contributed by atoms with Crippen LogP contribution in [0.5, 0.6) is 0 Å². The summed E-state index contributed by atoms with van der Waals surface area (Å²) < 4.78 is 15.6. The molecule has 8 N–H and O–H groups in total. The zero-order valence-corrected chi connectivity index (χ0v) is 14.0. The second kappa shape index (κ2) is 8.39. The molecular weight excluding hydrogens is 358 g/mol. The first kappa shape index (κ1) is 21.4. The van der Waals surface area contributed by atoms with Gasteiger partial charge in [-0.1, -0.05) is 0 Å². The van der Waals surface area contributed by atoms with E-state index in [4.69, 9.17) is 19.3 Å². The molecule has 2 rings (SSSR count). The Morgan fingerprint density at radius 3 is 2.38 bits per heavy atom. The van der Waals surface area contributed by atoms with Crippen molar-refractivity contribution in [1.29, 1.82) is 0 Å². The molecule has 2 aliphatic heterocycles. The number of hydrogen-bond acceptors (Lipinski definition) is 11. The van der Waals surface area contributed by atoms with E-state index in [0.717, 1.165) is 6.92 Å². The second-order valence-corrected chi connectivity index (χ2v) is 6.38. The molecule has 2 aliphatic rings. The molecule has 26 heavy (non-hydrogen) atoms. The molecule has 1 amide bonds. The molecule has 9 atom stereocenters. The molecule has 0 spiro atoms. The Labute approximate surface area is 148 Å². The van der Waals surface area contributed by atoms with Gasteiger partial charge in [0.25, 0.3) is 0 Å². The summed E-state index contributed by atoms with van der Waals surface area (Å²) in [6, 6.07) is 0. The minimum atomic E-state index is -2.61. The molecular formula is C14H25NO11. The van der Waals surface area contributed by atoms with Gasteiger partial charge in [-0.25, -0.2) is 0 Å². The molecule has 152 valence electrons. The predicted molar refractivity (Wildman–Crippen MR) is 80.0 cm³/mol. The summed E-state index contributed by atoms with van der Waals surface area (Å²) in [5, 5.41) is 70.5. The number of rotatable bonds is 5. The molecule has 12 heteroatoms. The lowest BCUT2D eigenvalue weighted by Gasteiger charge is -2.46. The number of nitrogens with one attached hydrogen (secondary N) is 1. The maximum atomic E-state index is 11.1. The van der Waals surface area contributed by atoms with Crippen molar-refractivity contribution >= 4 is 5.91 Å². The summed E-state index contributed by atoms with van der Waals surface area (Å²) >= 11 is 0. The first-order chi connectivity index (χ1) is 12.1. The summed E-state index contributed by atoms with van der Waals surface area (Å²) in [7, 11) is 0. The quantitative estimate of drug-likeness (QED) is 0.212. The Balaban J connectivity index is 1.96. The van der Waals surface area contributed by atoms with Crippen LogP contribution in [0.25, 0.3) is 0 Å². The maximum absolute atomic E-state index is 11.1. The van der Waals surface area contributed by atoms with E-state index in [9.17, 15) is 35.4 Å². The average molecular weight is 383 g/mol. The Kier molecular flexibility index (Phi) is 6.90. The summed E-state index contributed by atoms with van der Waals surface area (Å²) in [5.41, 5.74) is -2.61. The second-order valence-electron chi connectivity index (χ2n) is 6.38. The fourth-order valence-corrected chi connectivity index (χ4v) is 2.89. The molecule has 0 aromatic rings. The Morgan fingerprint density at radius 1 is 1.15 bits per heavy atom. The summed E-state index contributed by atoms with van der Waals surface area (Å²) in [5.74, 6) is -0.769. The number of ether oxygens (including phenoxy) is 3. The highest BCUT2D eigenvalue weighted by Gasteiger charge is 2.55. The van der Waals surface area contributed by atoms with Crippen LogP contribution in [0.1, 0.15) is 13.3 Å². The topological polar surface area (TPSA) is 198 Å². The zero-order chi connectivity index (χ0) is 19.6. The van der Waals surface area contributed by atoms with E-state index in [1.54, 1.807) is 0 Å². The molecule has 0 bridgehead atoms. The molecule has 1 unspecified atom stereocenters.